The lowest BCUT2D eigenvalue weighted by Crippen LogP contribution is -2.16. The van der Waals surface area contributed by atoms with E-state index >= 15 is 0 Å². The van der Waals surface area contributed by atoms with Crippen LogP contribution in [0.3, 0.4) is 0 Å². The quantitative estimate of drug-likeness (QED) is 0.391. The lowest BCUT2D eigenvalue weighted by atomic mass is 10.1. The number of hydrogen-bond donors (Lipinski definition) is 1. The number of carbonyl (C=O) groups is 3. The van der Waals surface area contributed by atoms with Crippen LogP contribution in [-0.2, 0) is 9.53 Å². The van der Waals surface area contributed by atoms with E-state index in [1.54, 1.807) is 31.2 Å². The van der Waals surface area contributed by atoms with Crippen LogP contribution in [0.2, 0.25) is 5.02 Å². The van der Waals surface area contributed by atoms with Gasteiger partial charge in [-0.25, -0.2) is 9.18 Å². The highest BCUT2D eigenvalue weighted by Gasteiger charge is 2.26. The van der Waals surface area contributed by atoms with Gasteiger partial charge in [-0.05, 0) is 43.3 Å². The summed E-state index contributed by atoms with van der Waals surface area (Å²) in [5.41, 5.74) is 0.990. The second-order valence-corrected chi connectivity index (χ2v) is 6.88. The zero-order chi connectivity index (χ0) is 22.4. The molecule has 160 valence electrons. The van der Waals surface area contributed by atoms with Crippen LogP contribution in [-0.4, -0.2) is 29.4 Å². The molecule has 0 fully saturated rings. The maximum atomic E-state index is 13.0. The van der Waals surface area contributed by atoms with Crippen molar-refractivity contribution in [3.05, 3.63) is 70.5 Å². The second kappa shape index (κ2) is 9.99. The minimum absolute atomic E-state index is 0.0395. The normalized spacial score (nSPS) is 10.5. The van der Waals surface area contributed by atoms with E-state index in [9.17, 15) is 18.8 Å². The van der Waals surface area contributed by atoms with E-state index in [-0.39, 0.29) is 42.4 Å². The predicted molar refractivity (Wildman–Crippen MR) is 111 cm³/mol. The summed E-state index contributed by atoms with van der Waals surface area (Å²) < 4.78 is 23.2. The average molecular weight is 445 g/mol. The molecule has 2 aromatic carbocycles. The standard InChI is InChI=1S/C22H18ClFN2O5/c1-2-30-22(29)19-20(14-3-7-15(23)8-4-14)26-31-21(19)25-18(28)12-11-17(27)13-5-9-16(24)10-6-13/h3-10H,2,11-12H2,1H3,(H,25,28). The van der Waals surface area contributed by atoms with Gasteiger partial charge in [0.05, 0.1) is 6.61 Å². The molecule has 31 heavy (non-hydrogen) atoms. The van der Waals surface area contributed by atoms with Gasteiger partial charge >= 0.3 is 5.97 Å². The van der Waals surface area contributed by atoms with Gasteiger partial charge < -0.3 is 9.26 Å². The second-order valence-electron chi connectivity index (χ2n) is 6.44. The van der Waals surface area contributed by atoms with E-state index in [1.165, 1.54) is 24.3 Å². The third kappa shape index (κ3) is 5.55. The fourth-order valence-electron chi connectivity index (χ4n) is 2.77. The summed E-state index contributed by atoms with van der Waals surface area (Å²) in [7, 11) is 0. The van der Waals surface area contributed by atoms with Crippen molar-refractivity contribution in [3.8, 4) is 11.3 Å². The predicted octanol–water partition coefficient (Wildman–Crippen LogP) is 4.91. The summed E-state index contributed by atoms with van der Waals surface area (Å²) in [6.45, 7) is 1.76. The van der Waals surface area contributed by atoms with Crippen LogP contribution in [0.1, 0.15) is 40.5 Å². The molecule has 1 aromatic heterocycles. The molecule has 0 unspecified atom stereocenters. The summed E-state index contributed by atoms with van der Waals surface area (Å²) >= 11 is 5.90. The number of halogens is 2. The number of aromatic nitrogens is 1. The largest absolute Gasteiger partial charge is 0.462 e. The molecule has 0 spiro atoms. The first-order chi connectivity index (χ1) is 14.9. The highest BCUT2D eigenvalue weighted by Crippen LogP contribution is 2.30. The first kappa shape index (κ1) is 22.2. The van der Waals surface area contributed by atoms with Gasteiger partial charge in [0, 0.05) is 29.0 Å². The molecule has 1 N–H and O–H groups in total. The molecule has 3 rings (SSSR count). The minimum Gasteiger partial charge on any atom is -0.462 e. The van der Waals surface area contributed by atoms with Crippen molar-refractivity contribution in [1.29, 1.82) is 0 Å². The van der Waals surface area contributed by atoms with Gasteiger partial charge in [0.15, 0.2) is 11.3 Å². The van der Waals surface area contributed by atoms with Crippen molar-refractivity contribution in [3.63, 3.8) is 0 Å². The smallest absolute Gasteiger partial charge is 0.346 e. The summed E-state index contributed by atoms with van der Waals surface area (Å²) in [6, 6.07) is 11.6. The van der Waals surface area contributed by atoms with Crippen molar-refractivity contribution in [2.75, 3.05) is 11.9 Å². The average Bonchev–Trinajstić information content (AvgIpc) is 3.16. The van der Waals surface area contributed by atoms with Crippen LogP contribution >= 0.6 is 11.6 Å². The number of esters is 1. The molecular weight excluding hydrogens is 427 g/mol. The van der Waals surface area contributed by atoms with Crippen LogP contribution in [0.5, 0.6) is 0 Å². The number of carbonyl (C=O) groups excluding carboxylic acids is 3. The molecule has 9 heteroatoms. The summed E-state index contributed by atoms with van der Waals surface area (Å²) in [5, 5.41) is 6.85. The van der Waals surface area contributed by atoms with Crippen molar-refractivity contribution in [2.24, 2.45) is 0 Å². The fraction of sp³-hybridized carbons (Fsp3) is 0.182. The molecular formula is C22H18ClFN2O5. The van der Waals surface area contributed by atoms with Crippen molar-refractivity contribution in [1.82, 2.24) is 5.16 Å². The number of amides is 1. The monoisotopic (exact) mass is 444 g/mol. The fourth-order valence-corrected chi connectivity index (χ4v) is 2.90. The lowest BCUT2D eigenvalue weighted by Gasteiger charge is -2.06. The van der Waals surface area contributed by atoms with E-state index in [0.29, 0.717) is 16.1 Å². The van der Waals surface area contributed by atoms with Crippen LogP contribution in [0.4, 0.5) is 10.3 Å². The molecule has 0 aliphatic heterocycles. The molecule has 3 aromatic rings. The number of benzene rings is 2. The number of ether oxygens (including phenoxy) is 1. The van der Waals surface area contributed by atoms with Gasteiger partial charge in [0.1, 0.15) is 11.5 Å². The maximum absolute atomic E-state index is 13.0. The Morgan fingerprint density at radius 2 is 1.74 bits per heavy atom. The number of hydrogen-bond acceptors (Lipinski definition) is 6. The van der Waals surface area contributed by atoms with Crippen LogP contribution in [0.25, 0.3) is 11.3 Å². The topological polar surface area (TPSA) is 98.5 Å². The highest BCUT2D eigenvalue weighted by molar-refractivity contribution is 6.30. The van der Waals surface area contributed by atoms with Gasteiger partial charge in [-0.15, -0.1) is 0 Å². The zero-order valence-corrected chi connectivity index (χ0v) is 17.2. The highest BCUT2D eigenvalue weighted by atomic mass is 35.5. The Kier molecular flexibility index (Phi) is 7.15. The van der Waals surface area contributed by atoms with Crippen molar-refractivity contribution >= 4 is 35.1 Å². The first-order valence-electron chi connectivity index (χ1n) is 9.40. The third-order valence-corrected chi connectivity index (χ3v) is 4.54. The maximum Gasteiger partial charge on any atom is 0.346 e. The Balaban J connectivity index is 1.74. The van der Waals surface area contributed by atoms with Crippen molar-refractivity contribution in [2.45, 2.75) is 19.8 Å². The SMILES string of the molecule is CCOC(=O)c1c(-c2ccc(Cl)cc2)noc1NC(=O)CCC(=O)c1ccc(F)cc1. The molecule has 1 amide bonds. The van der Waals surface area contributed by atoms with Gasteiger partial charge in [-0.1, -0.05) is 28.9 Å². The van der Waals surface area contributed by atoms with E-state index in [0.717, 1.165) is 0 Å². The molecule has 0 atom stereocenters. The number of anilines is 1. The molecule has 1 heterocycles. The number of nitrogens with zero attached hydrogens (tertiary/aromatic N) is 1. The molecule has 0 aliphatic carbocycles. The number of nitrogens with one attached hydrogen (secondary N) is 1. The number of ketones is 1. The molecule has 0 radical (unpaired) electrons. The van der Waals surface area contributed by atoms with Crippen LogP contribution in [0, 0.1) is 5.82 Å². The van der Waals surface area contributed by atoms with Gasteiger partial charge in [0.25, 0.3) is 0 Å². The van der Waals surface area contributed by atoms with Crippen LogP contribution in [0.15, 0.2) is 53.1 Å². The summed E-state index contributed by atoms with van der Waals surface area (Å²) in [5.74, 6) is -2.23. The Morgan fingerprint density at radius 1 is 1.06 bits per heavy atom. The van der Waals surface area contributed by atoms with E-state index < -0.39 is 17.7 Å². The summed E-state index contributed by atoms with van der Waals surface area (Å²) in [6.07, 6.45) is -0.278. The van der Waals surface area contributed by atoms with E-state index in [4.69, 9.17) is 20.9 Å². The van der Waals surface area contributed by atoms with E-state index in [2.05, 4.69) is 10.5 Å². The third-order valence-electron chi connectivity index (χ3n) is 4.29. The van der Waals surface area contributed by atoms with Gasteiger partial charge in [-0.2, -0.15) is 0 Å². The van der Waals surface area contributed by atoms with E-state index in [1.807, 2.05) is 0 Å². The number of rotatable bonds is 8. The Morgan fingerprint density at radius 3 is 2.39 bits per heavy atom. The number of Topliss-reactive ketones (excluding diaryl/α,β-unsaturated/α-hetero) is 1. The molecule has 7 nitrogen and oxygen atoms in total. The van der Waals surface area contributed by atoms with Gasteiger partial charge in [0.2, 0.25) is 11.8 Å². The first-order valence-corrected chi connectivity index (χ1v) is 9.78. The van der Waals surface area contributed by atoms with Crippen molar-refractivity contribution < 1.29 is 28.0 Å². The molecule has 0 saturated heterocycles. The summed E-state index contributed by atoms with van der Waals surface area (Å²) in [4.78, 5) is 37.0. The molecule has 0 aliphatic rings. The Bertz CT molecular complexity index is 1090. The lowest BCUT2D eigenvalue weighted by molar-refractivity contribution is -0.116. The Labute approximate surface area is 182 Å². The molecule has 0 saturated carbocycles. The Hall–Kier alpha value is -3.52. The molecule has 0 bridgehead atoms. The zero-order valence-electron chi connectivity index (χ0n) is 16.5. The van der Waals surface area contributed by atoms with Crippen LogP contribution < -0.4 is 5.32 Å². The van der Waals surface area contributed by atoms with Gasteiger partial charge in [-0.3, -0.25) is 14.9 Å². The minimum atomic E-state index is -0.716.